The normalized spacial score (nSPS) is 10.7. The summed E-state index contributed by atoms with van der Waals surface area (Å²) in [5.41, 5.74) is 8.96. The third-order valence-corrected chi connectivity index (χ3v) is 3.88. The SMILES string of the molecule is CC(=O)Oc1sc2ccc(-c3ccccc3)nc2c1N. The number of thiophene rings is 1. The topological polar surface area (TPSA) is 65.2 Å². The third kappa shape index (κ3) is 2.23. The minimum Gasteiger partial charge on any atom is -0.413 e. The Kier molecular flexibility index (Phi) is 3.12. The van der Waals surface area contributed by atoms with Gasteiger partial charge in [0.2, 0.25) is 5.06 Å². The van der Waals surface area contributed by atoms with E-state index in [2.05, 4.69) is 4.98 Å². The second-order valence-electron chi connectivity index (χ2n) is 4.31. The average molecular weight is 284 g/mol. The lowest BCUT2D eigenvalue weighted by molar-refractivity contribution is -0.131. The molecule has 0 unspecified atom stereocenters. The van der Waals surface area contributed by atoms with E-state index in [1.165, 1.54) is 18.3 Å². The van der Waals surface area contributed by atoms with Gasteiger partial charge >= 0.3 is 5.97 Å². The predicted molar refractivity (Wildman–Crippen MR) is 80.8 cm³/mol. The van der Waals surface area contributed by atoms with E-state index < -0.39 is 0 Å². The van der Waals surface area contributed by atoms with Crippen molar-refractivity contribution in [2.75, 3.05) is 5.73 Å². The Bertz CT molecular complexity index is 781. The Labute approximate surface area is 119 Å². The molecule has 0 bridgehead atoms. The third-order valence-electron chi connectivity index (χ3n) is 2.84. The summed E-state index contributed by atoms with van der Waals surface area (Å²) in [6, 6.07) is 13.7. The lowest BCUT2D eigenvalue weighted by Gasteiger charge is -2.01. The lowest BCUT2D eigenvalue weighted by Crippen LogP contribution is -2.01. The molecule has 0 aliphatic rings. The van der Waals surface area contributed by atoms with E-state index in [0.29, 0.717) is 16.3 Å². The molecule has 0 saturated heterocycles. The van der Waals surface area contributed by atoms with Crippen LogP contribution >= 0.6 is 11.3 Å². The molecule has 0 aliphatic carbocycles. The van der Waals surface area contributed by atoms with Crippen molar-refractivity contribution in [2.45, 2.75) is 6.92 Å². The summed E-state index contributed by atoms with van der Waals surface area (Å²) in [6.45, 7) is 1.35. The van der Waals surface area contributed by atoms with Gasteiger partial charge in [0.25, 0.3) is 0 Å². The van der Waals surface area contributed by atoms with Crippen molar-refractivity contribution in [2.24, 2.45) is 0 Å². The smallest absolute Gasteiger partial charge is 0.308 e. The Hall–Kier alpha value is -2.40. The molecular formula is C15H12N2O2S. The number of hydrogen-bond acceptors (Lipinski definition) is 5. The first-order valence-electron chi connectivity index (χ1n) is 6.08. The number of rotatable bonds is 2. The van der Waals surface area contributed by atoms with Crippen LogP contribution in [-0.2, 0) is 4.79 Å². The van der Waals surface area contributed by atoms with Gasteiger partial charge in [0.1, 0.15) is 11.2 Å². The summed E-state index contributed by atoms with van der Waals surface area (Å²) < 4.78 is 5.99. The molecule has 20 heavy (non-hydrogen) atoms. The average Bonchev–Trinajstić information content (AvgIpc) is 2.75. The number of benzene rings is 1. The zero-order valence-corrected chi connectivity index (χ0v) is 11.6. The Morgan fingerprint density at radius 3 is 2.65 bits per heavy atom. The zero-order chi connectivity index (χ0) is 14.1. The van der Waals surface area contributed by atoms with E-state index in [4.69, 9.17) is 10.5 Å². The minimum absolute atomic E-state index is 0.383. The van der Waals surface area contributed by atoms with Gasteiger partial charge in [-0.15, -0.1) is 0 Å². The summed E-state index contributed by atoms with van der Waals surface area (Å²) in [4.78, 5) is 15.6. The number of pyridine rings is 1. The number of fused-ring (bicyclic) bond motifs is 1. The number of aromatic nitrogens is 1. The summed E-state index contributed by atoms with van der Waals surface area (Å²) in [6.07, 6.45) is 0. The minimum atomic E-state index is -0.383. The van der Waals surface area contributed by atoms with Gasteiger partial charge in [-0.3, -0.25) is 4.79 Å². The van der Waals surface area contributed by atoms with Gasteiger partial charge in [0, 0.05) is 12.5 Å². The molecular weight excluding hydrogens is 272 g/mol. The molecule has 100 valence electrons. The molecule has 0 aliphatic heterocycles. The lowest BCUT2D eigenvalue weighted by atomic mass is 10.1. The van der Waals surface area contributed by atoms with Gasteiger partial charge in [-0.05, 0) is 12.1 Å². The molecule has 4 nitrogen and oxygen atoms in total. The van der Waals surface area contributed by atoms with E-state index >= 15 is 0 Å². The van der Waals surface area contributed by atoms with E-state index in [-0.39, 0.29) is 5.97 Å². The maximum absolute atomic E-state index is 11.0. The van der Waals surface area contributed by atoms with Crippen molar-refractivity contribution in [3.8, 4) is 16.3 Å². The maximum Gasteiger partial charge on any atom is 0.308 e. The molecule has 3 aromatic rings. The maximum atomic E-state index is 11.0. The molecule has 0 spiro atoms. The first-order chi connectivity index (χ1) is 9.65. The van der Waals surface area contributed by atoms with Crippen LogP contribution in [0, 0.1) is 0 Å². The Balaban J connectivity index is 2.11. The first kappa shape index (κ1) is 12.6. The highest BCUT2D eigenvalue weighted by Gasteiger charge is 2.14. The molecule has 2 N–H and O–H groups in total. The van der Waals surface area contributed by atoms with Crippen LogP contribution in [0.15, 0.2) is 42.5 Å². The fourth-order valence-corrected chi connectivity index (χ4v) is 2.90. The van der Waals surface area contributed by atoms with Gasteiger partial charge in [-0.25, -0.2) is 4.98 Å². The van der Waals surface area contributed by atoms with Crippen molar-refractivity contribution in [3.63, 3.8) is 0 Å². The standard InChI is InChI=1S/C15H12N2O2S/c1-9(18)19-15-13(16)14-12(20-15)8-7-11(17-14)10-5-3-2-4-6-10/h2-8H,16H2,1H3. The molecule has 0 saturated carbocycles. The van der Waals surface area contributed by atoms with Crippen LogP contribution in [0.4, 0.5) is 5.69 Å². The van der Waals surface area contributed by atoms with Crippen molar-refractivity contribution >= 4 is 33.2 Å². The molecule has 2 aromatic heterocycles. The van der Waals surface area contributed by atoms with Crippen molar-refractivity contribution < 1.29 is 9.53 Å². The van der Waals surface area contributed by atoms with Crippen LogP contribution in [0.1, 0.15) is 6.92 Å². The second-order valence-corrected chi connectivity index (χ2v) is 5.32. The predicted octanol–water partition coefficient (Wildman–Crippen LogP) is 3.47. The first-order valence-corrected chi connectivity index (χ1v) is 6.89. The van der Waals surface area contributed by atoms with Crippen LogP contribution < -0.4 is 10.5 Å². The quantitative estimate of drug-likeness (QED) is 0.732. The van der Waals surface area contributed by atoms with Crippen molar-refractivity contribution in [3.05, 3.63) is 42.5 Å². The van der Waals surface area contributed by atoms with E-state index in [1.54, 1.807) is 0 Å². The number of carbonyl (C=O) groups is 1. The summed E-state index contributed by atoms with van der Waals surface area (Å²) in [7, 11) is 0. The van der Waals surface area contributed by atoms with E-state index in [9.17, 15) is 4.79 Å². The molecule has 2 heterocycles. The molecule has 3 rings (SSSR count). The largest absolute Gasteiger partial charge is 0.413 e. The molecule has 5 heteroatoms. The van der Waals surface area contributed by atoms with Gasteiger partial charge < -0.3 is 10.5 Å². The fraction of sp³-hybridized carbons (Fsp3) is 0.0667. The Morgan fingerprint density at radius 1 is 1.20 bits per heavy atom. The van der Waals surface area contributed by atoms with Crippen LogP contribution in [0.3, 0.4) is 0 Å². The van der Waals surface area contributed by atoms with E-state index in [1.807, 2.05) is 42.5 Å². The highest BCUT2D eigenvalue weighted by Crippen LogP contribution is 2.39. The van der Waals surface area contributed by atoms with Gasteiger partial charge in [0.05, 0.1) is 10.4 Å². The number of nitrogen functional groups attached to an aromatic ring is 1. The number of ether oxygens (including phenoxy) is 1. The summed E-state index contributed by atoms with van der Waals surface area (Å²) in [5, 5.41) is 0.408. The van der Waals surface area contributed by atoms with Crippen LogP contribution in [-0.4, -0.2) is 11.0 Å². The molecule has 0 atom stereocenters. The van der Waals surface area contributed by atoms with Gasteiger partial charge in [-0.2, -0.15) is 0 Å². The van der Waals surface area contributed by atoms with Crippen LogP contribution in [0.5, 0.6) is 5.06 Å². The number of anilines is 1. The zero-order valence-electron chi connectivity index (χ0n) is 10.8. The summed E-state index contributed by atoms with van der Waals surface area (Å²) >= 11 is 1.33. The highest BCUT2D eigenvalue weighted by molar-refractivity contribution is 7.21. The number of carbonyl (C=O) groups excluding carboxylic acids is 1. The van der Waals surface area contributed by atoms with Gasteiger partial charge in [-0.1, -0.05) is 41.7 Å². The van der Waals surface area contributed by atoms with Gasteiger partial charge in [0.15, 0.2) is 0 Å². The molecule has 0 amide bonds. The number of esters is 1. The Morgan fingerprint density at radius 2 is 1.95 bits per heavy atom. The number of nitrogens with two attached hydrogens (primary N) is 1. The molecule has 0 radical (unpaired) electrons. The monoisotopic (exact) mass is 284 g/mol. The number of hydrogen-bond donors (Lipinski definition) is 1. The van der Waals surface area contributed by atoms with Crippen LogP contribution in [0.2, 0.25) is 0 Å². The van der Waals surface area contributed by atoms with Crippen LogP contribution in [0.25, 0.3) is 21.5 Å². The number of nitrogens with zero attached hydrogens (tertiary/aromatic N) is 1. The van der Waals surface area contributed by atoms with Crippen molar-refractivity contribution in [1.82, 2.24) is 4.98 Å². The van der Waals surface area contributed by atoms with E-state index in [0.717, 1.165) is 16.0 Å². The highest BCUT2D eigenvalue weighted by atomic mass is 32.1. The van der Waals surface area contributed by atoms with Crippen molar-refractivity contribution in [1.29, 1.82) is 0 Å². The molecule has 0 fully saturated rings. The second kappa shape index (κ2) is 4.94. The summed E-state index contributed by atoms with van der Waals surface area (Å²) in [5.74, 6) is -0.383. The molecule has 1 aromatic carbocycles. The fourth-order valence-electron chi connectivity index (χ4n) is 1.95.